The zero-order valence-electron chi connectivity index (χ0n) is 22.6. The molecule has 1 N–H and O–H groups in total. The summed E-state index contributed by atoms with van der Waals surface area (Å²) >= 11 is 9.40. The monoisotopic (exact) mass is 651 g/mol. The summed E-state index contributed by atoms with van der Waals surface area (Å²) in [5.74, 6) is -0.0346. The fraction of sp³-hybridized carbons (Fsp3) is 0.0882. The summed E-state index contributed by atoms with van der Waals surface area (Å²) in [5, 5.41) is 3.56. The first kappa shape index (κ1) is 27.2. The highest BCUT2D eigenvalue weighted by Crippen LogP contribution is 2.39. The topological polar surface area (TPSA) is 80.6 Å². The van der Waals surface area contributed by atoms with Gasteiger partial charge in [0, 0.05) is 37.7 Å². The molecule has 212 valence electrons. The summed E-state index contributed by atoms with van der Waals surface area (Å²) in [6.07, 6.45) is 0. The fourth-order valence-electron chi connectivity index (χ4n) is 5.66. The van der Waals surface area contributed by atoms with Gasteiger partial charge in [-0.2, -0.15) is 0 Å². The summed E-state index contributed by atoms with van der Waals surface area (Å²) in [7, 11) is 0. The van der Waals surface area contributed by atoms with Crippen LogP contribution in [0.3, 0.4) is 0 Å². The number of aromatic nitrogens is 1. The van der Waals surface area contributed by atoms with Crippen molar-refractivity contribution in [3.8, 4) is 16.9 Å². The molecule has 43 heavy (non-hydrogen) atoms. The Bertz CT molecular complexity index is 1950. The van der Waals surface area contributed by atoms with E-state index in [0.29, 0.717) is 39.8 Å². The number of amides is 2. The SMILES string of the molecule is O=C1c2cc(Br)ccc2-c2ccc(NC(=O)c3ccc4n3Cc3ccccc3N(C(=O)COc3ccc(Cl)cc3)C4)cc21. The molecule has 2 aliphatic rings. The van der Waals surface area contributed by atoms with Crippen molar-refractivity contribution < 1.29 is 19.1 Å². The minimum atomic E-state index is -0.305. The van der Waals surface area contributed by atoms with Gasteiger partial charge in [0.15, 0.2) is 12.4 Å². The van der Waals surface area contributed by atoms with Crippen molar-refractivity contribution >= 4 is 56.5 Å². The van der Waals surface area contributed by atoms with E-state index in [2.05, 4.69) is 21.2 Å². The van der Waals surface area contributed by atoms with Gasteiger partial charge in [0.2, 0.25) is 0 Å². The fourth-order valence-corrected chi connectivity index (χ4v) is 6.15. The quantitative estimate of drug-likeness (QED) is 0.211. The molecule has 5 aromatic rings. The number of carbonyl (C=O) groups excluding carboxylic acids is 3. The molecule has 0 spiro atoms. The lowest BCUT2D eigenvalue weighted by atomic mass is 10.1. The Hall–Kier alpha value is -4.66. The smallest absolute Gasteiger partial charge is 0.272 e. The van der Waals surface area contributed by atoms with Gasteiger partial charge in [0.25, 0.3) is 11.8 Å². The van der Waals surface area contributed by atoms with Crippen LogP contribution in [0.2, 0.25) is 5.02 Å². The molecular weight excluding hydrogens is 630 g/mol. The summed E-state index contributed by atoms with van der Waals surface area (Å²) in [6, 6.07) is 29.2. The molecule has 1 aliphatic carbocycles. The number of hydrogen-bond donors (Lipinski definition) is 1. The van der Waals surface area contributed by atoms with Gasteiger partial charge in [-0.1, -0.05) is 57.9 Å². The van der Waals surface area contributed by atoms with Crippen LogP contribution in [0.5, 0.6) is 5.75 Å². The number of rotatable bonds is 5. The molecule has 0 bridgehead atoms. The van der Waals surface area contributed by atoms with Crippen LogP contribution in [-0.4, -0.2) is 28.8 Å². The number of ether oxygens (including phenoxy) is 1. The number of carbonyl (C=O) groups is 3. The predicted octanol–water partition coefficient (Wildman–Crippen LogP) is 7.34. The highest BCUT2D eigenvalue weighted by atomic mass is 79.9. The maximum absolute atomic E-state index is 13.6. The Labute approximate surface area is 260 Å². The van der Waals surface area contributed by atoms with Crippen LogP contribution in [-0.2, 0) is 17.9 Å². The van der Waals surface area contributed by atoms with E-state index in [-0.39, 0.29) is 30.7 Å². The minimum absolute atomic E-state index is 0.0691. The summed E-state index contributed by atoms with van der Waals surface area (Å²) < 4.78 is 8.51. The van der Waals surface area contributed by atoms with Crippen molar-refractivity contribution in [3.05, 3.63) is 135 Å². The molecule has 0 atom stereocenters. The Morgan fingerprint density at radius 1 is 0.837 bits per heavy atom. The molecule has 0 fully saturated rings. The zero-order valence-corrected chi connectivity index (χ0v) is 25.0. The van der Waals surface area contributed by atoms with E-state index < -0.39 is 0 Å². The maximum Gasteiger partial charge on any atom is 0.272 e. The second-order valence-electron chi connectivity index (χ2n) is 10.4. The second-order valence-corrected chi connectivity index (χ2v) is 11.7. The Kier molecular flexibility index (Phi) is 6.88. The summed E-state index contributed by atoms with van der Waals surface area (Å²) in [6.45, 7) is 0.534. The Balaban J connectivity index is 1.13. The lowest BCUT2D eigenvalue weighted by molar-refractivity contribution is -0.120. The molecule has 0 saturated carbocycles. The highest BCUT2D eigenvalue weighted by molar-refractivity contribution is 9.10. The van der Waals surface area contributed by atoms with Crippen molar-refractivity contribution in [2.75, 3.05) is 16.8 Å². The molecule has 2 heterocycles. The number of nitrogens with one attached hydrogen (secondary N) is 1. The van der Waals surface area contributed by atoms with Crippen LogP contribution < -0.4 is 15.0 Å². The molecule has 0 unspecified atom stereocenters. The maximum atomic E-state index is 13.6. The van der Waals surface area contributed by atoms with E-state index in [1.807, 2.05) is 65.2 Å². The molecule has 0 saturated heterocycles. The Morgan fingerprint density at radius 3 is 2.40 bits per heavy atom. The molecule has 2 amide bonds. The second kappa shape index (κ2) is 10.9. The largest absolute Gasteiger partial charge is 0.484 e. The van der Waals surface area contributed by atoms with Crippen LogP contribution in [0.1, 0.15) is 37.7 Å². The van der Waals surface area contributed by atoms with Gasteiger partial charge in [-0.25, -0.2) is 0 Å². The zero-order chi connectivity index (χ0) is 29.7. The molecule has 9 heteroatoms. The number of nitrogens with zero attached hydrogens (tertiary/aromatic N) is 2. The van der Waals surface area contributed by atoms with E-state index in [0.717, 1.165) is 32.5 Å². The van der Waals surface area contributed by atoms with E-state index in [9.17, 15) is 14.4 Å². The van der Waals surface area contributed by atoms with Crippen LogP contribution in [0.4, 0.5) is 11.4 Å². The molecule has 0 radical (unpaired) electrons. The van der Waals surface area contributed by atoms with E-state index in [1.165, 1.54) is 0 Å². The average molecular weight is 653 g/mol. The van der Waals surface area contributed by atoms with E-state index in [4.69, 9.17) is 16.3 Å². The number of halogens is 2. The van der Waals surface area contributed by atoms with Gasteiger partial charge >= 0.3 is 0 Å². The van der Waals surface area contributed by atoms with Crippen LogP contribution >= 0.6 is 27.5 Å². The van der Waals surface area contributed by atoms with Crippen molar-refractivity contribution in [1.29, 1.82) is 0 Å². The van der Waals surface area contributed by atoms with Crippen LogP contribution in [0, 0.1) is 0 Å². The summed E-state index contributed by atoms with van der Waals surface area (Å²) in [4.78, 5) is 41.8. The first-order chi connectivity index (χ1) is 20.9. The first-order valence-electron chi connectivity index (χ1n) is 13.6. The van der Waals surface area contributed by atoms with Crippen molar-refractivity contribution in [1.82, 2.24) is 4.57 Å². The molecule has 1 aliphatic heterocycles. The molecule has 1 aromatic heterocycles. The number of benzene rings is 4. The minimum Gasteiger partial charge on any atom is -0.484 e. The van der Waals surface area contributed by atoms with Gasteiger partial charge < -0.3 is 19.5 Å². The molecule has 7 nitrogen and oxygen atoms in total. The third-order valence-electron chi connectivity index (χ3n) is 7.75. The first-order valence-corrected chi connectivity index (χ1v) is 14.8. The average Bonchev–Trinajstić information content (AvgIpc) is 3.47. The predicted molar refractivity (Wildman–Crippen MR) is 169 cm³/mol. The number of para-hydroxylation sites is 1. The third kappa shape index (κ3) is 5.02. The molecule has 4 aromatic carbocycles. The van der Waals surface area contributed by atoms with Gasteiger partial charge in [-0.15, -0.1) is 0 Å². The number of hydrogen-bond acceptors (Lipinski definition) is 4. The van der Waals surface area contributed by atoms with Gasteiger partial charge in [0.1, 0.15) is 11.4 Å². The number of ketones is 1. The van der Waals surface area contributed by atoms with Gasteiger partial charge in [-0.05, 0) is 83.4 Å². The van der Waals surface area contributed by atoms with Gasteiger partial charge in [-0.3, -0.25) is 14.4 Å². The lowest BCUT2D eigenvalue weighted by Crippen LogP contribution is -2.34. The van der Waals surface area contributed by atoms with E-state index >= 15 is 0 Å². The van der Waals surface area contributed by atoms with Crippen molar-refractivity contribution in [2.45, 2.75) is 13.1 Å². The summed E-state index contributed by atoms with van der Waals surface area (Å²) in [5.41, 5.74) is 6.40. The van der Waals surface area contributed by atoms with E-state index in [1.54, 1.807) is 41.3 Å². The standard InChI is InChI=1S/C34H23BrClN3O4/c35-21-5-12-26-27-13-8-23(16-29(27)33(41)28(26)15-21)37-34(42)31-14-9-24-18-39(30-4-2-1-3-20(30)17-38(24)31)32(40)19-43-25-10-6-22(36)7-11-25/h1-16H,17-19H2,(H,37,42). The number of anilines is 2. The van der Waals surface area contributed by atoms with Crippen molar-refractivity contribution in [3.63, 3.8) is 0 Å². The van der Waals surface area contributed by atoms with Crippen LogP contribution in [0.15, 0.2) is 102 Å². The lowest BCUT2D eigenvalue weighted by Gasteiger charge is -2.22. The third-order valence-corrected chi connectivity index (χ3v) is 8.50. The van der Waals surface area contributed by atoms with Gasteiger partial charge in [0.05, 0.1) is 13.1 Å². The normalized spacial score (nSPS) is 13.0. The van der Waals surface area contributed by atoms with Crippen LogP contribution in [0.25, 0.3) is 11.1 Å². The molecular formula is C34H23BrClN3O4. The molecule has 7 rings (SSSR count). The van der Waals surface area contributed by atoms with Crippen molar-refractivity contribution in [2.24, 2.45) is 0 Å². The Morgan fingerprint density at radius 2 is 1.58 bits per heavy atom. The highest BCUT2D eigenvalue weighted by Gasteiger charge is 2.29. The number of fused-ring (bicyclic) bond motifs is 5.